The first-order chi connectivity index (χ1) is 14.0. The van der Waals surface area contributed by atoms with Gasteiger partial charge >= 0.3 is 12.1 Å². The fourth-order valence-corrected chi connectivity index (χ4v) is 3.10. The van der Waals surface area contributed by atoms with E-state index in [1.807, 2.05) is 0 Å². The minimum absolute atomic E-state index is 0.0657. The van der Waals surface area contributed by atoms with Crippen LogP contribution in [-0.4, -0.2) is 69.3 Å². The lowest BCUT2D eigenvalue weighted by Crippen LogP contribution is -2.52. The van der Waals surface area contributed by atoms with Crippen molar-refractivity contribution >= 4 is 34.9 Å². The van der Waals surface area contributed by atoms with Gasteiger partial charge in [-0.25, -0.2) is 19.6 Å². The van der Waals surface area contributed by atoms with Crippen LogP contribution >= 0.6 is 0 Å². The van der Waals surface area contributed by atoms with Gasteiger partial charge in [-0.3, -0.25) is 4.79 Å². The lowest BCUT2D eigenvalue weighted by molar-refractivity contribution is 0.0296. The molecule has 0 radical (unpaired) electrons. The number of furan rings is 1. The van der Waals surface area contributed by atoms with E-state index in [9.17, 15) is 24.6 Å². The average Bonchev–Trinajstić information content (AvgIpc) is 3.30. The largest absolute Gasteiger partial charge is 0.475 e. The zero-order valence-electron chi connectivity index (χ0n) is 15.0. The molecule has 11 nitrogen and oxygen atoms in total. The van der Waals surface area contributed by atoms with Crippen molar-refractivity contribution in [2.45, 2.75) is 0 Å². The summed E-state index contributed by atoms with van der Waals surface area (Å²) in [5.74, 6) is -2.39. The Labute approximate surface area is 163 Å². The quantitative estimate of drug-likeness (QED) is 0.670. The monoisotopic (exact) mass is 400 g/mol. The smallest absolute Gasteiger partial charge is 0.432 e. The molecule has 3 heterocycles. The molecule has 1 aliphatic heterocycles. The van der Waals surface area contributed by atoms with Crippen LogP contribution in [0.15, 0.2) is 40.8 Å². The van der Waals surface area contributed by atoms with Crippen LogP contribution in [0.1, 0.15) is 20.9 Å². The van der Waals surface area contributed by atoms with E-state index < -0.39 is 23.7 Å². The van der Waals surface area contributed by atoms with E-state index in [2.05, 4.69) is 5.10 Å². The number of hydrogen-bond acceptors (Lipinski definition) is 7. The number of aromatic nitrogens is 2. The number of anilines is 1. The van der Waals surface area contributed by atoms with Crippen LogP contribution in [-0.2, 0) is 4.74 Å². The second-order valence-corrected chi connectivity index (χ2v) is 6.20. The van der Waals surface area contributed by atoms with Gasteiger partial charge in [-0.2, -0.15) is 4.68 Å². The fraction of sp³-hybridized carbons (Fsp3) is 0.222. The van der Waals surface area contributed by atoms with Gasteiger partial charge in [0.25, 0.3) is 5.91 Å². The Morgan fingerprint density at radius 1 is 1.07 bits per heavy atom. The van der Waals surface area contributed by atoms with E-state index in [4.69, 9.17) is 9.15 Å². The van der Waals surface area contributed by atoms with E-state index in [0.29, 0.717) is 36.5 Å². The predicted octanol–water partition coefficient (Wildman–Crippen LogP) is 1.75. The number of nitrogens with zero attached hydrogens (tertiary/aromatic N) is 4. The molecule has 1 amide bonds. The lowest BCUT2D eigenvalue weighted by atomic mass is 10.2. The molecule has 3 aromatic rings. The highest BCUT2D eigenvalue weighted by molar-refractivity contribution is 6.09. The number of carboxylic acid groups (broad SMARTS) is 2. The van der Waals surface area contributed by atoms with Gasteiger partial charge in [0.05, 0.1) is 13.2 Å². The number of amides is 1. The van der Waals surface area contributed by atoms with Crippen LogP contribution in [0.2, 0.25) is 0 Å². The van der Waals surface area contributed by atoms with Gasteiger partial charge in [-0.1, -0.05) is 18.2 Å². The molecule has 0 spiro atoms. The number of carboxylic acids is 1. The lowest BCUT2D eigenvalue weighted by Gasteiger charge is -2.35. The van der Waals surface area contributed by atoms with Crippen molar-refractivity contribution in [3.05, 3.63) is 47.7 Å². The number of carbonyl (C=O) groups is 3. The van der Waals surface area contributed by atoms with Crippen molar-refractivity contribution in [1.29, 1.82) is 0 Å². The van der Waals surface area contributed by atoms with Gasteiger partial charge < -0.3 is 19.4 Å². The maximum absolute atomic E-state index is 13.3. The molecule has 1 aromatic carbocycles. The SMILES string of the molecule is O=C(O)c1cc2c(o1)c(N(C(=O)c1ccccc1)N1CCOCC1)nn2C(=O)O. The summed E-state index contributed by atoms with van der Waals surface area (Å²) in [6, 6.07) is 9.46. The third-order valence-electron chi connectivity index (χ3n) is 4.41. The standard InChI is InChI=1S/C18H16N4O7/c23-16(11-4-2-1-3-5-11)22(20-6-8-28-9-7-20)15-14-12(21(19-15)18(26)27)10-13(29-14)17(24)25/h1-5,10H,6-9H2,(H,24,25)(H,26,27). The van der Waals surface area contributed by atoms with Crippen molar-refractivity contribution in [1.82, 2.24) is 14.8 Å². The van der Waals surface area contributed by atoms with Gasteiger partial charge in [0.15, 0.2) is 5.58 Å². The van der Waals surface area contributed by atoms with E-state index in [0.717, 1.165) is 6.07 Å². The normalized spacial score (nSPS) is 14.8. The Bertz CT molecular complexity index is 1080. The van der Waals surface area contributed by atoms with Crippen LogP contribution in [0.25, 0.3) is 11.1 Å². The van der Waals surface area contributed by atoms with E-state index in [1.54, 1.807) is 35.3 Å². The minimum Gasteiger partial charge on any atom is -0.475 e. The second kappa shape index (κ2) is 7.37. The zero-order valence-corrected chi connectivity index (χ0v) is 15.0. The van der Waals surface area contributed by atoms with Crippen LogP contribution in [0.3, 0.4) is 0 Å². The Kier molecular flexibility index (Phi) is 4.74. The summed E-state index contributed by atoms with van der Waals surface area (Å²) in [5, 5.41) is 25.6. The molecule has 2 aromatic heterocycles. The third-order valence-corrected chi connectivity index (χ3v) is 4.41. The molecule has 0 bridgehead atoms. The summed E-state index contributed by atoms with van der Waals surface area (Å²) in [7, 11) is 0. The van der Waals surface area contributed by atoms with Crippen LogP contribution in [0.5, 0.6) is 0 Å². The number of hydrogen-bond donors (Lipinski definition) is 2. The topological polar surface area (TPSA) is 138 Å². The number of fused-ring (bicyclic) bond motifs is 1. The summed E-state index contributed by atoms with van der Waals surface area (Å²) >= 11 is 0. The minimum atomic E-state index is -1.44. The summed E-state index contributed by atoms with van der Waals surface area (Å²) in [4.78, 5) is 36.2. The van der Waals surface area contributed by atoms with Crippen LogP contribution < -0.4 is 5.01 Å². The molecular weight excluding hydrogens is 384 g/mol. The molecule has 2 N–H and O–H groups in total. The highest BCUT2D eigenvalue weighted by Gasteiger charge is 2.33. The summed E-state index contributed by atoms with van der Waals surface area (Å²) in [6.07, 6.45) is -1.44. The summed E-state index contributed by atoms with van der Waals surface area (Å²) < 4.78 is 11.3. The van der Waals surface area contributed by atoms with Crippen LogP contribution in [0, 0.1) is 0 Å². The molecule has 4 rings (SSSR count). The highest BCUT2D eigenvalue weighted by atomic mass is 16.5. The Balaban J connectivity index is 1.90. The van der Waals surface area contributed by atoms with Gasteiger partial charge in [0.2, 0.25) is 11.6 Å². The molecule has 150 valence electrons. The van der Waals surface area contributed by atoms with Crippen molar-refractivity contribution in [3.8, 4) is 0 Å². The molecule has 0 atom stereocenters. The van der Waals surface area contributed by atoms with Gasteiger partial charge in [-0.05, 0) is 12.1 Å². The molecule has 1 fully saturated rings. The maximum atomic E-state index is 13.3. The van der Waals surface area contributed by atoms with Gasteiger partial charge in [0, 0.05) is 24.7 Å². The predicted molar refractivity (Wildman–Crippen MR) is 98.0 cm³/mol. The van der Waals surface area contributed by atoms with E-state index in [-0.39, 0.29) is 16.9 Å². The molecule has 29 heavy (non-hydrogen) atoms. The molecule has 0 aliphatic carbocycles. The number of benzene rings is 1. The molecular formula is C18H16N4O7. The number of morpholine rings is 1. The van der Waals surface area contributed by atoms with Gasteiger partial charge in [0.1, 0.15) is 5.52 Å². The molecule has 1 aliphatic rings. The Hall–Kier alpha value is -3.70. The maximum Gasteiger partial charge on any atom is 0.432 e. The van der Waals surface area contributed by atoms with Crippen molar-refractivity contribution in [2.24, 2.45) is 0 Å². The Morgan fingerprint density at radius 2 is 1.76 bits per heavy atom. The number of carbonyl (C=O) groups excluding carboxylic acids is 1. The van der Waals surface area contributed by atoms with Crippen molar-refractivity contribution < 1.29 is 33.8 Å². The van der Waals surface area contributed by atoms with Crippen molar-refractivity contribution in [2.75, 3.05) is 31.3 Å². The number of aromatic carboxylic acids is 1. The van der Waals surface area contributed by atoms with E-state index in [1.165, 1.54) is 5.01 Å². The number of ether oxygens (including phenoxy) is 1. The second-order valence-electron chi connectivity index (χ2n) is 6.20. The first kappa shape index (κ1) is 18.7. The summed E-state index contributed by atoms with van der Waals surface area (Å²) in [5.41, 5.74) is 0.173. The third kappa shape index (κ3) is 3.32. The fourth-order valence-electron chi connectivity index (χ4n) is 3.10. The van der Waals surface area contributed by atoms with Crippen molar-refractivity contribution in [3.63, 3.8) is 0 Å². The summed E-state index contributed by atoms with van der Waals surface area (Å²) in [6.45, 7) is 1.43. The number of rotatable bonds is 4. The van der Waals surface area contributed by atoms with Gasteiger partial charge in [-0.15, -0.1) is 5.10 Å². The Morgan fingerprint density at radius 3 is 2.38 bits per heavy atom. The highest BCUT2D eigenvalue weighted by Crippen LogP contribution is 2.31. The molecule has 1 saturated heterocycles. The zero-order chi connectivity index (χ0) is 20.5. The first-order valence-electron chi connectivity index (χ1n) is 8.68. The van der Waals surface area contributed by atoms with E-state index >= 15 is 0 Å². The molecule has 0 saturated carbocycles. The molecule has 11 heteroatoms. The molecule has 0 unspecified atom stereocenters. The average molecular weight is 400 g/mol. The number of hydrazine groups is 1. The first-order valence-corrected chi connectivity index (χ1v) is 8.68. The van der Waals surface area contributed by atoms with Crippen LogP contribution in [0.4, 0.5) is 10.6 Å².